The highest BCUT2D eigenvalue weighted by atomic mass is 35.5. The number of nitrogens with zero attached hydrogens (tertiary/aromatic N) is 4. The van der Waals surface area contributed by atoms with Gasteiger partial charge in [-0.1, -0.05) is 0 Å². The standard InChI is InChI=1S/C21H25FN4O3.ClH/c22-17-6-4-15(5-7-17)19(27)16-8-11-24(12-9-16)13-14-26-20(28)23-18-3-1-2-10-25(18)21(26)29;/h4-7,16H,1-3,8-14H2;1H. The smallest absolute Gasteiger partial charge is 0.302 e. The molecule has 4 rings (SSSR count). The summed E-state index contributed by atoms with van der Waals surface area (Å²) in [6.45, 7) is 2.96. The average molecular weight is 437 g/mol. The summed E-state index contributed by atoms with van der Waals surface area (Å²) >= 11 is 0. The van der Waals surface area contributed by atoms with Gasteiger partial charge in [0, 0.05) is 37.5 Å². The molecule has 0 saturated carbocycles. The third kappa shape index (κ3) is 4.70. The van der Waals surface area contributed by atoms with Crippen molar-refractivity contribution >= 4 is 18.2 Å². The van der Waals surface area contributed by atoms with Gasteiger partial charge >= 0.3 is 11.4 Å². The first-order valence-electron chi connectivity index (χ1n) is 10.3. The molecular formula is C21H26ClFN4O3. The fourth-order valence-corrected chi connectivity index (χ4v) is 4.24. The van der Waals surface area contributed by atoms with Crippen LogP contribution < -0.4 is 11.4 Å². The number of aromatic nitrogens is 3. The van der Waals surface area contributed by atoms with Crippen LogP contribution in [0, 0.1) is 11.7 Å². The van der Waals surface area contributed by atoms with Gasteiger partial charge in [-0.2, -0.15) is 4.98 Å². The Bertz CT molecular complexity index is 1010. The number of fused-ring (bicyclic) bond motifs is 1. The number of hydrogen-bond acceptors (Lipinski definition) is 5. The van der Waals surface area contributed by atoms with Crippen LogP contribution >= 0.6 is 12.4 Å². The van der Waals surface area contributed by atoms with Crippen molar-refractivity contribution in [3.8, 4) is 0 Å². The van der Waals surface area contributed by atoms with Gasteiger partial charge in [-0.3, -0.25) is 9.36 Å². The zero-order chi connectivity index (χ0) is 20.4. The molecule has 0 aliphatic carbocycles. The molecule has 9 heteroatoms. The summed E-state index contributed by atoms with van der Waals surface area (Å²) in [7, 11) is 0. The first-order valence-corrected chi connectivity index (χ1v) is 10.3. The van der Waals surface area contributed by atoms with E-state index in [1.807, 2.05) is 0 Å². The van der Waals surface area contributed by atoms with Crippen molar-refractivity contribution in [3.63, 3.8) is 0 Å². The number of Topliss-reactive ketones (excluding diaryl/α,β-unsaturated/α-hetero) is 1. The van der Waals surface area contributed by atoms with Crippen LogP contribution in [-0.4, -0.2) is 44.4 Å². The van der Waals surface area contributed by atoms with Gasteiger partial charge < -0.3 is 4.90 Å². The number of likely N-dealkylation sites (tertiary alicyclic amines) is 1. The highest BCUT2D eigenvalue weighted by Gasteiger charge is 2.26. The van der Waals surface area contributed by atoms with E-state index < -0.39 is 5.69 Å². The van der Waals surface area contributed by atoms with Gasteiger partial charge in [0.2, 0.25) is 0 Å². The van der Waals surface area contributed by atoms with Crippen molar-refractivity contribution in [3.05, 3.63) is 62.4 Å². The fraction of sp³-hybridized carbons (Fsp3) is 0.524. The second-order valence-electron chi connectivity index (χ2n) is 7.84. The maximum absolute atomic E-state index is 13.0. The summed E-state index contributed by atoms with van der Waals surface area (Å²) < 4.78 is 15.9. The Morgan fingerprint density at radius 3 is 2.43 bits per heavy atom. The van der Waals surface area contributed by atoms with Crippen molar-refractivity contribution in [2.75, 3.05) is 19.6 Å². The third-order valence-corrected chi connectivity index (χ3v) is 5.99. The molecule has 0 N–H and O–H groups in total. The van der Waals surface area contributed by atoms with Crippen LogP contribution in [0.3, 0.4) is 0 Å². The molecule has 162 valence electrons. The number of hydrogen-bond donors (Lipinski definition) is 0. The number of aryl methyl sites for hydroxylation is 1. The van der Waals surface area contributed by atoms with Crippen molar-refractivity contribution in [2.24, 2.45) is 5.92 Å². The van der Waals surface area contributed by atoms with E-state index in [0.29, 0.717) is 50.3 Å². The first-order chi connectivity index (χ1) is 14.0. The molecule has 0 spiro atoms. The zero-order valence-electron chi connectivity index (χ0n) is 16.8. The summed E-state index contributed by atoms with van der Waals surface area (Å²) in [5.41, 5.74) is -0.185. The van der Waals surface area contributed by atoms with E-state index in [-0.39, 0.29) is 35.6 Å². The van der Waals surface area contributed by atoms with Gasteiger partial charge in [0.25, 0.3) is 0 Å². The second-order valence-corrected chi connectivity index (χ2v) is 7.84. The Balaban J connectivity index is 0.00000256. The number of rotatable bonds is 5. The Kier molecular flexibility index (Phi) is 7.20. The minimum absolute atomic E-state index is 0. The molecule has 1 aromatic heterocycles. The van der Waals surface area contributed by atoms with Gasteiger partial charge in [0.15, 0.2) is 5.78 Å². The van der Waals surface area contributed by atoms with Gasteiger partial charge in [0.05, 0.1) is 0 Å². The molecule has 2 aliphatic heterocycles. The highest BCUT2D eigenvalue weighted by Crippen LogP contribution is 2.22. The Hall–Kier alpha value is -2.32. The van der Waals surface area contributed by atoms with Gasteiger partial charge in [0.1, 0.15) is 11.6 Å². The van der Waals surface area contributed by atoms with Crippen molar-refractivity contribution < 1.29 is 9.18 Å². The average Bonchev–Trinajstić information content (AvgIpc) is 2.74. The Morgan fingerprint density at radius 1 is 1.03 bits per heavy atom. The molecular weight excluding hydrogens is 411 g/mol. The van der Waals surface area contributed by atoms with E-state index in [9.17, 15) is 18.8 Å². The van der Waals surface area contributed by atoms with Crippen LogP contribution in [0.25, 0.3) is 0 Å². The molecule has 7 nitrogen and oxygen atoms in total. The molecule has 0 bridgehead atoms. The monoisotopic (exact) mass is 436 g/mol. The number of piperidine rings is 1. The van der Waals surface area contributed by atoms with Crippen LogP contribution in [0.5, 0.6) is 0 Å². The molecule has 0 atom stereocenters. The summed E-state index contributed by atoms with van der Waals surface area (Å²) in [5.74, 6) is 0.232. The minimum atomic E-state index is -0.468. The number of carbonyl (C=O) groups excluding carboxylic acids is 1. The van der Waals surface area contributed by atoms with Crippen molar-refractivity contribution in [2.45, 2.75) is 45.2 Å². The van der Waals surface area contributed by atoms with Gasteiger partial charge in [-0.05, 0) is 63.0 Å². The largest absolute Gasteiger partial charge is 0.353 e. The SMILES string of the molecule is Cl.O=C(c1ccc(F)cc1)C1CCN(CCn2c(=O)nc3n(c2=O)CCCC3)CC1. The number of benzene rings is 1. The van der Waals surface area contributed by atoms with E-state index in [4.69, 9.17) is 0 Å². The van der Waals surface area contributed by atoms with E-state index in [1.165, 1.54) is 28.8 Å². The van der Waals surface area contributed by atoms with E-state index in [0.717, 1.165) is 25.9 Å². The van der Waals surface area contributed by atoms with E-state index in [2.05, 4.69) is 9.88 Å². The lowest BCUT2D eigenvalue weighted by atomic mass is 9.89. The quantitative estimate of drug-likeness (QED) is 0.669. The summed E-state index contributed by atoms with van der Waals surface area (Å²) in [6.07, 6.45) is 4.00. The molecule has 3 heterocycles. The third-order valence-electron chi connectivity index (χ3n) is 5.99. The Labute approximate surface area is 179 Å². The summed E-state index contributed by atoms with van der Waals surface area (Å²) in [4.78, 5) is 43.7. The fourth-order valence-electron chi connectivity index (χ4n) is 4.24. The number of halogens is 2. The maximum atomic E-state index is 13.0. The van der Waals surface area contributed by atoms with E-state index in [1.54, 1.807) is 4.57 Å². The molecule has 2 aliphatic rings. The zero-order valence-corrected chi connectivity index (χ0v) is 17.6. The molecule has 0 radical (unpaired) electrons. The topological polar surface area (TPSA) is 77.2 Å². The molecule has 0 amide bonds. The normalized spacial score (nSPS) is 17.2. The van der Waals surface area contributed by atoms with Crippen LogP contribution in [-0.2, 0) is 19.5 Å². The molecule has 1 fully saturated rings. The number of carbonyl (C=O) groups is 1. The van der Waals surface area contributed by atoms with Gasteiger partial charge in [-0.25, -0.2) is 18.5 Å². The molecule has 2 aromatic rings. The minimum Gasteiger partial charge on any atom is -0.302 e. The highest BCUT2D eigenvalue weighted by molar-refractivity contribution is 5.97. The number of ketones is 1. The van der Waals surface area contributed by atoms with Crippen LogP contribution in [0.1, 0.15) is 41.9 Å². The lowest BCUT2D eigenvalue weighted by Crippen LogP contribution is -2.47. The van der Waals surface area contributed by atoms with Crippen LogP contribution in [0.15, 0.2) is 33.9 Å². The maximum Gasteiger partial charge on any atom is 0.353 e. The van der Waals surface area contributed by atoms with Crippen LogP contribution in [0.4, 0.5) is 4.39 Å². The lowest BCUT2D eigenvalue weighted by molar-refractivity contribution is 0.0836. The van der Waals surface area contributed by atoms with Gasteiger partial charge in [-0.15, -0.1) is 12.4 Å². The summed E-state index contributed by atoms with van der Waals surface area (Å²) in [5, 5.41) is 0. The van der Waals surface area contributed by atoms with Crippen LogP contribution in [0.2, 0.25) is 0 Å². The first kappa shape index (κ1) is 22.4. The molecule has 1 saturated heterocycles. The predicted molar refractivity (Wildman–Crippen MR) is 113 cm³/mol. The summed E-state index contributed by atoms with van der Waals surface area (Å²) in [6, 6.07) is 5.69. The lowest BCUT2D eigenvalue weighted by Gasteiger charge is -2.31. The van der Waals surface area contributed by atoms with E-state index >= 15 is 0 Å². The second kappa shape index (κ2) is 9.66. The van der Waals surface area contributed by atoms with Crippen molar-refractivity contribution in [1.29, 1.82) is 0 Å². The molecule has 1 aromatic carbocycles. The predicted octanol–water partition coefficient (Wildman–Crippen LogP) is 1.90. The molecule has 30 heavy (non-hydrogen) atoms. The Morgan fingerprint density at radius 2 is 1.73 bits per heavy atom. The van der Waals surface area contributed by atoms with Crippen molar-refractivity contribution in [1.82, 2.24) is 19.0 Å². The molecule has 0 unspecified atom stereocenters.